The van der Waals surface area contributed by atoms with E-state index in [4.69, 9.17) is 16.7 Å². The summed E-state index contributed by atoms with van der Waals surface area (Å²) in [6, 6.07) is 6.10. The van der Waals surface area contributed by atoms with E-state index in [2.05, 4.69) is 4.98 Å². The van der Waals surface area contributed by atoms with Crippen LogP contribution in [0.5, 0.6) is 0 Å². The second kappa shape index (κ2) is 3.44. The highest BCUT2D eigenvalue weighted by Gasteiger charge is 2.13. The molecule has 0 fully saturated rings. The summed E-state index contributed by atoms with van der Waals surface area (Å²) in [7, 11) is -3.74. The van der Waals surface area contributed by atoms with E-state index >= 15 is 0 Å². The van der Waals surface area contributed by atoms with Crippen molar-refractivity contribution in [3.63, 3.8) is 0 Å². The van der Waals surface area contributed by atoms with E-state index in [9.17, 15) is 8.42 Å². The van der Waals surface area contributed by atoms with Crippen molar-refractivity contribution in [2.75, 3.05) is 0 Å². The van der Waals surface area contributed by atoms with E-state index in [1.165, 1.54) is 12.1 Å². The van der Waals surface area contributed by atoms with Gasteiger partial charge in [-0.05, 0) is 24.3 Å². The van der Waals surface area contributed by atoms with Crippen molar-refractivity contribution in [1.29, 1.82) is 0 Å². The van der Waals surface area contributed by atoms with Gasteiger partial charge in [0.05, 0.1) is 15.4 Å². The first-order chi connectivity index (χ1) is 7.00. The van der Waals surface area contributed by atoms with Crippen molar-refractivity contribution < 1.29 is 8.42 Å². The number of sulfonamides is 1. The minimum atomic E-state index is -3.74. The highest BCUT2D eigenvalue weighted by molar-refractivity contribution is 7.89. The number of hydrogen-bond acceptors (Lipinski definition) is 3. The minimum Gasteiger partial charge on any atom is -0.255 e. The Morgan fingerprint density at radius 3 is 2.67 bits per heavy atom. The molecule has 0 aliphatic rings. The van der Waals surface area contributed by atoms with E-state index in [0.29, 0.717) is 15.9 Å². The zero-order valence-electron chi connectivity index (χ0n) is 7.51. The smallest absolute Gasteiger partial charge is 0.238 e. The van der Waals surface area contributed by atoms with Crippen molar-refractivity contribution >= 4 is 32.5 Å². The maximum Gasteiger partial charge on any atom is 0.238 e. The summed E-state index contributed by atoms with van der Waals surface area (Å²) in [5, 5.41) is 5.91. The minimum absolute atomic E-state index is 0.0370. The highest BCUT2D eigenvalue weighted by atomic mass is 35.5. The average molecular weight is 243 g/mol. The van der Waals surface area contributed by atoms with Crippen LogP contribution in [0.3, 0.4) is 0 Å². The number of nitrogens with zero attached hydrogens (tertiary/aromatic N) is 1. The van der Waals surface area contributed by atoms with Crippen LogP contribution in [0, 0.1) is 0 Å². The number of primary sulfonamides is 1. The zero-order valence-corrected chi connectivity index (χ0v) is 9.09. The molecular formula is C9H7ClN2O2S. The third-order valence-electron chi connectivity index (χ3n) is 1.99. The lowest BCUT2D eigenvalue weighted by Crippen LogP contribution is -2.12. The van der Waals surface area contributed by atoms with Gasteiger partial charge in [-0.2, -0.15) is 0 Å². The Morgan fingerprint density at radius 1 is 1.27 bits per heavy atom. The second-order valence-electron chi connectivity index (χ2n) is 2.99. The monoisotopic (exact) mass is 242 g/mol. The van der Waals surface area contributed by atoms with Gasteiger partial charge >= 0.3 is 0 Å². The van der Waals surface area contributed by atoms with Gasteiger partial charge in [0.1, 0.15) is 0 Å². The average Bonchev–Trinajstić information content (AvgIpc) is 2.17. The predicted octanol–water partition coefficient (Wildman–Crippen LogP) is 1.54. The van der Waals surface area contributed by atoms with Gasteiger partial charge in [-0.3, -0.25) is 4.98 Å². The van der Waals surface area contributed by atoms with E-state index in [1.54, 1.807) is 18.3 Å². The molecule has 6 heteroatoms. The fourth-order valence-corrected chi connectivity index (χ4v) is 2.30. The van der Waals surface area contributed by atoms with Gasteiger partial charge in [0.25, 0.3) is 0 Å². The summed E-state index contributed by atoms with van der Waals surface area (Å²) in [4.78, 5) is 4.04. The van der Waals surface area contributed by atoms with Crippen LogP contribution < -0.4 is 5.14 Å². The largest absolute Gasteiger partial charge is 0.255 e. The lowest BCUT2D eigenvalue weighted by molar-refractivity contribution is 0.598. The van der Waals surface area contributed by atoms with Gasteiger partial charge in [0.15, 0.2) is 0 Å². The van der Waals surface area contributed by atoms with Crippen LogP contribution >= 0.6 is 11.6 Å². The standard InChI is InChI=1S/C9H7ClN2O2S/c10-7-3-4-8(15(11,13)14)6-2-1-5-12-9(6)7/h1-5H,(H2,11,13,14). The van der Waals surface area contributed by atoms with Crippen molar-refractivity contribution in [1.82, 2.24) is 4.98 Å². The van der Waals surface area contributed by atoms with E-state index in [-0.39, 0.29) is 4.90 Å². The molecule has 4 nitrogen and oxygen atoms in total. The van der Waals surface area contributed by atoms with E-state index in [0.717, 1.165) is 0 Å². The lowest BCUT2D eigenvalue weighted by Gasteiger charge is -2.04. The number of aromatic nitrogens is 1. The molecule has 0 amide bonds. The molecule has 78 valence electrons. The molecule has 0 aliphatic carbocycles. The fraction of sp³-hybridized carbons (Fsp3) is 0. The number of fused-ring (bicyclic) bond motifs is 1. The Morgan fingerprint density at radius 2 is 2.00 bits per heavy atom. The van der Waals surface area contributed by atoms with Crippen molar-refractivity contribution in [3.05, 3.63) is 35.5 Å². The van der Waals surface area contributed by atoms with Crippen LogP contribution in [0.25, 0.3) is 10.9 Å². The first kappa shape index (κ1) is 10.4. The van der Waals surface area contributed by atoms with Crippen LogP contribution in [0.4, 0.5) is 0 Å². The summed E-state index contributed by atoms with van der Waals surface area (Å²) in [6.45, 7) is 0. The fourth-order valence-electron chi connectivity index (χ4n) is 1.36. The molecule has 2 rings (SSSR count). The molecule has 2 aromatic rings. The number of hydrogen-bond donors (Lipinski definition) is 1. The summed E-state index contributed by atoms with van der Waals surface area (Å²) in [5.74, 6) is 0. The normalized spacial score (nSPS) is 11.9. The Hall–Kier alpha value is -1.17. The molecule has 0 saturated heterocycles. The molecule has 15 heavy (non-hydrogen) atoms. The van der Waals surface area contributed by atoms with Crippen molar-refractivity contribution in [2.24, 2.45) is 5.14 Å². The molecule has 0 unspecified atom stereocenters. The number of rotatable bonds is 1. The van der Waals surface area contributed by atoms with Crippen LogP contribution in [0.15, 0.2) is 35.4 Å². The van der Waals surface area contributed by atoms with Gasteiger partial charge in [-0.1, -0.05) is 11.6 Å². The third kappa shape index (κ3) is 1.81. The molecule has 0 saturated carbocycles. The number of pyridine rings is 1. The highest BCUT2D eigenvalue weighted by Crippen LogP contribution is 2.26. The molecular weight excluding hydrogens is 236 g/mol. The Kier molecular flexibility index (Phi) is 2.38. The Balaban J connectivity index is 2.96. The SMILES string of the molecule is NS(=O)(=O)c1ccc(Cl)c2ncccc12. The predicted molar refractivity (Wildman–Crippen MR) is 58.1 cm³/mol. The second-order valence-corrected chi connectivity index (χ2v) is 4.93. The van der Waals surface area contributed by atoms with Gasteiger partial charge in [-0.25, -0.2) is 13.6 Å². The molecule has 2 N–H and O–H groups in total. The van der Waals surface area contributed by atoms with Gasteiger partial charge in [0, 0.05) is 11.6 Å². The first-order valence-electron chi connectivity index (χ1n) is 4.06. The van der Waals surface area contributed by atoms with Crippen LogP contribution in [-0.4, -0.2) is 13.4 Å². The van der Waals surface area contributed by atoms with Gasteiger partial charge < -0.3 is 0 Å². The molecule has 0 radical (unpaired) electrons. The lowest BCUT2D eigenvalue weighted by atomic mass is 10.2. The van der Waals surface area contributed by atoms with Crippen LogP contribution in [0.1, 0.15) is 0 Å². The molecule has 0 spiro atoms. The molecule has 1 heterocycles. The Bertz CT molecular complexity index is 625. The number of halogens is 1. The summed E-state index contributed by atoms with van der Waals surface area (Å²) in [6.07, 6.45) is 1.54. The van der Waals surface area contributed by atoms with Crippen LogP contribution in [0.2, 0.25) is 5.02 Å². The molecule has 0 atom stereocenters. The molecule has 0 bridgehead atoms. The van der Waals surface area contributed by atoms with E-state index in [1.807, 2.05) is 0 Å². The molecule has 1 aromatic carbocycles. The number of nitrogens with two attached hydrogens (primary N) is 1. The van der Waals surface area contributed by atoms with Crippen LogP contribution in [-0.2, 0) is 10.0 Å². The van der Waals surface area contributed by atoms with Gasteiger partial charge in [-0.15, -0.1) is 0 Å². The topological polar surface area (TPSA) is 73.1 Å². The van der Waals surface area contributed by atoms with Gasteiger partial charge in [0.2, 0.25) is 10.0 Å². The Labute approximate surface area is 91.7 Å². The first-order valence-corrected chi connectivity index (χ1v) is 5.98. The summed E-state index contributed by atoms with van der Waals surface area (Å²) in [5.41, 5.74) is 0.436. The maximum absolute atomic E-state index is 11.3. The summed E-state index contributed by atoms with van der Waals surface area (Å²) < 4.78 is 22.5. The van der Waals surface area contributed by atoms with Crippen molar-refractivity contribution in [3.8, 4) is 0 Å². The summed E-state index contributed by atoms with van der Waals surface area (Å²) >= 11 is 5.88. The molecule has 0 aliphatic heterocycles. The third-order valence-corrected chi connectivity index (χ3v) is 3.26. The number of benzene rings is 1. The quantitative estimate of drug-likeness (QED) is 0.824. The zero-order chi connectivity index (χ0) is 11.1. The van der Waals surface area contributed by atoms with Crippen molar-refractivity contribution in [2.45, 2.75) is 4.90 Å². The molecule has 1 aromatic heterocycles. The van der Waals surface area contributed by atoms with E-state index < -0.39 is 10.0 Å². The maximum atomic E-state index is 11.3.